The highest BCUT2D eigenvalue weighted by atomic mass is 35.5. The molecule has 5 heteroatoms. The lowest BCUT2D eigenvalue weighted by molar-refractivity contribution is -0.137. The second-order valence-corrected chi connectivity index (χ2v) is 4.89. The fraction of sp³-hybridized carbons (Fsp3) is 0.500. The van der Waals surface area contributed by atoms with Crippen molar-refractivity contribution in [2.75, 3.05) is 6.61 Å². The van der Waals surface area contributed by atoms with Gasteiger partial charge < -0.3 is 5.11 Å². The highest BCUT2D eigenvalue weighted by Crippen LogP contribution is 2.45. The molecule has 0 aromatic heterocycles. The van der Waals surface area contributed by atoms with Crippen LogP contribution in [0.3, 0.4) is 0 Å². The highest BCUT2D eigenvalue weighted by Gasteiger charge is 2.40. The van der Waals surface area contributed by atoms with Gasteiger partial charge in [0.2, 0.25) is 0 Å². The molecular formula is C12H12ClF3O. The third-order valence-corrected chi connectivity index (χ3v) is 3.81. The van der Waals surface area contributed by atoms with Crippen molar-refractivity contribution < 1.29 is 18.3 Å². The van der Waals surface area contributed by atoms with E-state index in [9.17, 15) is 18.3 Å². The third-order valence-electron chi connectivity index (χ3n) is 3.50. The van der Waals surface area contributed by atoms with Gasteiger partial charge in [0.25, 0.3) is 0 Å². The predicted molar refractivity (Wildman–Crippen MR) is 59.1 cm³/mol. The summed E-state index contributed by atoms with van der Waals surface area (Å²) in [6.07, 6.45) is -1.85. The molecule has 1 aromatic carbocycles. The molecule has 0 amide bonds. The minimum Gasteiger partial charge on any atom is -0.395 e. The van der Waals surface area contributed by atoms with E-state index >= 15 is 0 Å². The number of rotatable bonds is 2. The van der Waals surface area contributed by atoms with Crippen LogP contribution in [0, 0.1) is 0 Å². The lowest BCUT2D eigenvalue weighted by Crippen LogP contribution is -2.37. The summed E-state index contributed by atoms with van der Waals surface area (Å²) in [4.78, 5) is 0. The molecule has 0 spiro atoms. The standard InChI is InChI=1S/C12H12ClF3O/c13-10-6-8(11(7-17)4-1-5-11)2-3-9(10)12(14,15)16/h2-3,6,17H,1,4-5,7H2. The first-order valence-electron chi connectivity index (χ1n) is 5.37. The molecule has 0 aliphatic heterocycles. The van der Waals surface area contributed by atoms with E-state index < -0.39 is 11.7 Å². The number of halogens is 4. The molecule has 1 aromatic rings. The van der Waals surface area contributed by atoms with Crippen LogP contribution in [0.15, 0.2) is 18.2 Å². The Hall–Kier alpha value is -0.740. The minimum atomic E-state index is -4.43. The van der Waals surface area contributed by atoms with Crippen molar-refractivity contribution in [3.05, 3.63) is 34.3 Å². The zero-order valence-corrected chi connectivity index (χ0v) is 9.78. The van der Waals surface area contributed by atoms with Crippen LogP contribution in [-0.4, -0.2) is 11.7 Å². The van der Waals surface area contributed by atoms with Crippen LogP contribution in [0.5, 0.6) is 0 Å². The van der Waals surface area contributed by atoms with Crippen LogP contribution in [-0.2, 0) is 11.6 Å². The number of hydrogen-bond donors (Lipinski definition) is 1. The van der Waals surface area contributed by atoms with E-state index in [1.165, 1.54) is 12.1 Å². The molecule has 0 atom stereocenters. The van der Waals surface area contributed by atoms with Crippen LogP contribution < -0.4 is 0 Å². The van der Waals surface area contributed by atoms with Crippen LogP contribution in [0.4, 0.5) is 13.2 Å². The Morgan fingerprint density at radius 3 is 2.29 bits per heavy atom. The van der Waals surface area contributed by atoms with E-state index in [-0.39, 0.29) is 17.0 Å². The van der Waals surface area contributed by atoms with Gasteiger partial charge in [-0.15, -0.1) is 0 Å². The van der Waals surface area contributed by atoms with Crippen LogP contribution in [0.25, 0.3) is 0 Å². The summed E-state index contributed by atoms with van der Waals surface area (Å²) < 4.78 is 37.6. The molecule has 1 aliphatic carbocycles. The van der Waals surface area contributed by atoms with Gasteiger partial charge in [0.1, 0.15) is 0 Å². The molecular weight excluding hydrogens is 253 g/mol. The first-order chi connectivity index (χ1) is 7.89. The second-order valence-electron chi connectivity index (χ2n) is 4.48. The van der Waals surface area contributed by atoms with Crippen LogP contribution >= 0.6 is 11.6 Å². The molecule has 0 radical (unpaired) electrons. The first kappa shape index (κ1) is 12.7. The van der Waals surface area contributed by atoms with Gasteiger partial charge in [0, 0.05) is 5.41 Å². The van der Waals surface area contributed by atoms with E-state index in [0.717, 1.165) is 25.3 Å². The lowest BCUT2D eigenvalue weighted by Gasteiger charge is -2.41. The SMILES string of the molecule is OCC1(c2ccc(C(F)(F)F)c(Cl)c2)CCC1. The Morgan fingerprint density at radius 1 is 1.29 bits per heavy atom. The predicted octanol–water partition coefficient (Wildman–Crippen LogP) is 3.77. The van der Waals surface area contributed by atoms with E-state index in [1.54, 1.807) is 0 Å². The van der Waals surface area contributed by atoms with Gasteiger partial charge >= 0.3 is 6.18 Å². The van der Waals surface area contributed by atoms with E-state index in [1.807, 2.05) is 0 Å². The molecule has 17 heavy (non-hydrogen) atoms. The normalized spacial score (nSPS) is 18.9. The molecule has 1 nitrogen and oxygen atoms in total. The lowest BCUT2D eigenvalue weighted by atomic mass is 9.65. The monoisotopic (exact) mass is 264 g/mol. The minimum absolute atomic E-state index is 0.0469. The van der Waals surface area contributed by atoms with Crippen molar-refractivity contribution in [1.82, 2.24) is 0 Å². The zero-order chi connectivity index (χ0) is 12.7. The van der Waals surface area contributed by atoms with Gasteiger partial charge in [-0.25, -0.2) is 0 Å². The number of alkyl halides is 3. The van der Waals surface area contributed by atoms with Gasteiger partial charge in [-0.2, -0.15) is 13.2 Å². The first-order valence-corrected chi connectivity index (χ1v) is 5.75. The Morgan fingerprint density at radius 2 is 1.94 bits per heavy atom. The van der Waals surface area contributed by atoms with Gasteiger partial charge in [-0.3, -0.25) is 0 Å². The van der Waals surface area contributed by atoms with Gasteiger partial charge in [0.05, 0.1) is 17.2 Å². The summed E-state index contributed by atoms with van der Waals surface area (Å²) in [5.74, 6) is 0. The summed E-state index contributed by atoms with van der Waals surface area (Å²) in [7, 11) is 0. The summed E-state index contributed by atoms with van der Waals surface area (Å²) >= 11 is 5.66. The number of benzene rings is 1. The van der Waals surface area contributed by atoms with Crippen molar-refractivity contribution in [2.45, 2.75) is 30.9 Å². The van der Waals surface area contributed by atoms with Crippen molar-refractivity contribution >= 4 is 11.6 Å². The fourth-order valence-electron chi connectivity index (χ4n) is 2.22. The molecule has 1 aliphatic rings. The van der Waals surface area contributed by atoms with Crippen molar-refractivity contribution in [2.24, 2.45) is 0 Å². The molecule has 0 saturated heterocycles. The third kappa shape index (κ3) is 2.16. The van der Waals surface area contributed by atoms with Crippen molar-refractivity contribution in [1.29, 1.82) is 0 Å². The molecule has 0 bridgehead atoms. The summed E-state index contributed by atoms with van der Waals surface area (Å²) in [5, 5.41) is 9.05. The maximum atomic E-state index is 12.5. The highest BCUT2D eigenvalue weighted by molar-refractivity contribution is 6.31. The molecule has 2 rings (SSSR count). The number of hydrogen-bond acceptors (Lipinski definition) is 1. The summed E-state index contributed by atoms with van der Waals surface area (Å²) in [6.45, 7) is -0.0469. The molecule has 94 valence electrons. The zero-order valence-electron chi connectivity index (χ0n) is 9.02. The molecule has 1 N–H and O–H groups in total. The van der Waals surface area contributed by atoms with Gasteiger partial charge in [0.15, 0.2) is 0 Å². The maximum absolute atomic E-state index is 12.5. The molecule has 0 heterocycles. The van der Waals surface area contributed by atoms with Gasteiger partial charge in [-0.1, -0.05) is 24.1 Å². The average Bonchev–Trinajstić information content (AvgIpc) is 2.14. The maximum Gasteiger partial charge on any atom is 0.417 e. The van der Waals surface area contributed by atoms with Gasteiger partial charge in [-0.05, 0) is 30.5 Å². The van der Waals surface area contributed by atoms with E-state index in [2.05, 4.69) is 0 Å². The molecule has 1 fully saturated rings. The topological polar surface area (TPSA) is 20.2 Å². The Balaban J connectivity index is 2.37. The van der Waals surface area contributed by atoms with E-state index in [0.29, 0.717) is 5.56 Å². The van der Waals surface area contributed by atoms with E-state index in [4.69, 9.17) is 11.6 Å². The number of aliphatic hydroxyl groups is 1. The quantitative estimate of drug-likeness (QED) is 0.862. The van der Waals surface area contributed by atoms with Crippen LogP contribution in [0.2, 0.25) is 5.02 Å². The van der Waals surface area contributed by atoms with Crippen molar-refractivity contribution in [3.8, 4) is 0 Å². The van der Waals surface area contributed by atoms with Crippen molar-refractivity contribution in [3.63, 3.8) is 0 Å². The largest absolute Gasteiger partial charge is 0.417 e. The summed E-state index contributed by atoms with van der Waals surface area (Å²) in [6, 6.07) is 3.75. The Kier molecular flexibility index (Phi) is 3.12. The van der Waals surface area contributed by atoms with Crippen LogP contribution in [0.1, 0.15) is 30.4 Å². The molecule has 0 unspecified atom stereocenters. The number of aliphatic hydroxyl groups excluding tert-OH is 1. The fourth-order valence-corrected chi connectivity index (χ4v) is 2.50. The Bertz CT molecular complexity index is 419. The smallest absolute Gasteiger partial charge is 0.395 e. The molecule has 1 saturated carbocycles. The average molecular weight is 265 g/mol. The summed E-state index contributed by atoms with van der Waals surface area (Å²) in [5.41, 5.74) is -0.507. The second kappa shape index (κ2) is 4.18. The Labute approximate surface area is 102 Å².